The molecule has 7 nitrogen and oxygen atoms in total. The number of rotatable bonds is 8. The number of methoxy groups -OCH3 is 4. The van der Waals surface area contributed by atoms with Crippen molar-refractivity contribution in [1.82, 2.24) is 10.3 Å². The van der Waals surface area contributed by atoms with E-state index in [0.29, 0.717) is 35.8 Å². The molecule has 0 fully saturated rings. The number of fused-ring (bicyclic) bond motifs is 1. The normalized spacial score (nSPS) is 10.7. The van der Waals surface area contributed by atoms with Crippen molar-refractivity contribution in [2.75, 3.05) is 35.0 Å². The average Bonchev–Trinajstić information content (AvgIpc) is 3.06. The van der Waals surface area contributed by atoms with Gasteiger partial charge in [-0.25, -0.2) is 0 Å². The van der Waals surface area contributed by atoms with E-state index in [-0.39, 0.29) is 5.91 Å². The van der Waals surface area contributed by atoms with Crippen molar-refractivity contribution in [1.29, 1.82) is 0 Å². The summed E-state index contributed by atoms with van der Waals surface area (Å²) in [5.74, 6) is 1.93. The minimum absolute atomic E-state index is 0.209. The van der Waals surface area contributed by atoms with E-state index in [4.69, 9.17) is 18.9 Å². The van der Waals surface area contributed by atoms with Gasteiger partial charge in [-0.2, -0.15) is 0 Å². The Labute approximate surface area is 169 Å². The summed E-state index contributed by atoms with van der Waals surface area (Å²) in [6, 6.07) is 9.21. The molecule has 154 valence electrons. The van der Waals surface area contributed by atoms with Crippen molar-refractivity contribution in [2.45, 2.75) is 13.3 Å². The van der Waals surface area contributed by atoms with Crippen molar-refractivity contribution in [3.63, 3.8) is 0 Å². The van der Waals surface area contributed by atoms with Gasteiger partial charge in [0.25, 0.3) is 5.91 Å². The van der Waals surface area contributed by atoms with Gasteiger partial charge in [0.05, 0.1) is 28.4 Å². The molecule has 0 aliphatic carbocycles. The molecule has 0 spiro atoms. The van der Waals surface area contributed by atoms with Crippen LogP contribution in [-0.2, 0) is 6.42 Å². The van der Waals surface area contributed by atoms with Crippen molar-refractivity contribution in [3.8, 4) is 23.0 Å². The number of H-pyrrole nitrogens is 1. The van der Waals surface area contributed by atoms with Crippen LogP contribution in [0.15, 0.2) is 30.3 Å². The van der Waals surface area contributed by atoms with Crippen molar-refractivity contribution in [2.24, 2.45) is 0 Å². The van der Waals surface area contributed by atoms with Crippen LogP contribution in [0.4, 0.5) is 0 Å². The van der Waals surface area contributed by atoms with Gasteiger partial charge in [-0.05, 0) is 49.2 Å². The first-order valence-corrected chi connectivity index (χ1v) is 9.25. The maximum absolute atomic E-state index is 12.7. The van der Waals surface area contributed by atoms with Crippen LogP contribution >= 0.6 is 0 Å². The van der Waals surface area contributed by atoms with E-state index in [1.165, 1.54) is 21.3 Å². The molecule has 3 rings (SSSR count). The maximum atomic E-state index is 12.7. The number of amides is 1. The first kappa shape index (κ1) is 20.4. The number of ether oxygens (including phenoxy) is 4. The zero-order chi connectivity index (χ0) is 21.0. The van der Waals surface area contributed by atoms with E-state index in [2.05, 4.69) is 10.3 Å². The molecule has 1 aromatic heterocycles. The van der Waals surface area contributed by atoms with Gasteiger partial charge in [-0.3, -0.25) is 4.79 Å². The van der Waals surface area contributed by atoms with Gasteiger partial charge in [-0.15, -0.1) is 0 Å². The lowest BCUT2D eigenvalue weighted by Gasteiger charge is -2.14. The molecule has 3 aromatic rings. The summed E-state index contributed by atoms with van der Waals surface area (Å²) in [7, 11) is 6.22. The highest BCUT2D eigenvalue weighted by molar-refractivity contribution is 5.95. The lowest BCUT2D eigenvalue weighted by Crippen LogP contribution is -2.26. The Morgan fingerprint density at radius 2 is 1.66 bits per heavy atom. The van der Waals surface area contributed by atoms with Gasteiger partial charge in [0.1, 0.15) is 5.75 Å². The fourth-order valence-electron chi connectivity index (χ4n) is 3.43. The Morgan fingerprint density at radius 1 is 0.966 bits per heavy atom. The van der Waals surface area contributed by atoms with E-state index in [1.54, 1.807) is 19.2 Å². The summed E-state index contributed by atoms with van der Waals surface area (Å²) in [5, 5.41) is 4.06. The third-order valence-electron chi connectivity index (χ3n) is 4.91. The van der Waals surface area contributed by atoms with Gasteiger partial charge >= 0.3 is 0 Å². The van der Waals surface area contributed by atoms with Gasteiger partial charge in [0.15, 0.2) is 11.5 Å². The van der Waals surface area contributed by atoms with Gasteiger partial charge in [0, 0.05) is 28.7 Å². The Morgan fingerprint density at radius 3 is 2.24 bits per heavy atom. The smallest absolute Gasteiger partial charge is 0.251 e. The highest BCUT2D eigenvalue weighted by atomic mass is 16.5. The number of aryl methyl sites for hydroxylation is 1. The molecule has 0 aliphatic rings. The SMILES string of the molecule is COc1ccc2[nH]c(C)c(CCNC(=O)c3cc(OC)c(OC)c(OC)c3)c2c1. The van der Waals surface area contributed by atoms with E-state index in [9.17, 15) is 4.79 Å². The first-order chi connectivity index (χ1) is 14.0. The first-order valence-electron chi connectivity index (χ1n) is 9.25. The molecule has 0 aliphatic heterocycles. The van der Waals surface area contributed by atoms with Crippen LogP contribution in [-0.4, -0.2) is 45.9 Å². The van der Waals surface area contributed by atoms with E-state index < -0.39 is 0 Å². The number of hydrogen-bond donors (Lipinski definition) is 2. The second-order valence-electron chi connectivity index (χ2n) is 6.56. The summed E-state index contributed by atoms with van der Waals surface area (Å²) in [6.07, 6.45) is 0.690. The molecule has 29 heavy (non-hydrogen) atoms. The average molecular weight is 398 g/mol. The zero-order valence-corrected chi connectivity index (χ0v) is 17.3. The van der Waals surface area contributed by atoms with Crippen molar-refractivity contribution in [3.05, 3.63) is 47.2 Å². The lowest BCUT2D eigenvalue weighted by molar-refractivity contribution is 0.0953. The molecule has 7 heteroatoms. The van der Waals surface area contributed by atoms with E-state index in [1.807, 2.05) is 25.1 Å². The topological polar surface area (TPSA) is 81.8 Å². The van der Waals surface area contributed by atoms with Crippen LogP contribution in [0.25, 0.3) is 10.9 Å². The monoisotopic (exact) mass is 398 g/mol. The molecule has 1 heterocycles. The number of nitrogens with one attached hydrogen (secondary N) is 2. The van der Waals surface area contributed by atoms with Crippen molar-refractivity contribution < 1.29 is 23.7 Å². The van der Waals surface area contributed by atoms with Crippen LogP contribution in [0.1, 0.15) is 21.6 Å². The number of carbonyl (C=O) groups excluding carboxylic acids is 1. The molecular formula is C22H26N2O5. The molecule has 2 N–H and O–H groups in total. The van der Waals surface area contributed by atoms with Gasteiger partial charge < -0.3 is 29.2 Å². The molecular weight excluding hydrogens is 372 g/mol. The van der Waals surface area contributed by atoms with Crippen LogP contribution in [0.5, 0.6) is 23.0 Å². The minimum atomic E-state index is -0.209. The summed E-state index contributed by atoms with van der Waals surface area (Å²) in [5.41, 5.74) is 3.73. The number of aromatic nitrogens is 1. The Hall–Kier alpha value is -3.35. The molecule has 0 unspecified atom stereocenters. The van der Waals surface area contributed by atoms with E-state index >= 15 is 0 Å². The summed E-state index contributed by atoms with van der Waals surface area (Å²) in [4.78, 5) is 16.0. The molecule has 0 bridgehead atoms. The fraction of sp³-hybridized carbons (Fsp3) is 0.318. The van der Waals surface area contributed by atoms with Gasteiger partial charge in [-0.1, -0.05) is 0 Å². The number of aromatic amines is 1. The highest BCUT2D eigenvalue weighted by Gasteiger charge is 2.17. The number of carbonyl (C=O) groups is 1. The van der Waals surface area contributed by atoms with Crippen LogP contribution in [0, 0.1) is 6.92 Å². The summed E-state index contributed by atoms with van der Waals surface area (Å²) >= 11 is 0. The summed E-state index contributed by atoms with van der Waals surface area (Å²) < 4.78 is 21.3. The number of hydrogen-bond acceptors (Lipinski definition) is 5. The molecule has 0 radical (unpaired) electrons. The predicted molar refractivity (Wildman–Crippen MR) is 112 cm³/mol. The van der Waals surface area contributed by atoms with Crippen LogP contribution in [0.3, 0.4) is 0 Å². The van der Waals surface area contributed by atoms with Crippen LogP contribution < -0.4 is 24.3 Å². The standard InChI is InChI=1S/C22H26N2O5/c1-13-16(17-12-15(26-2)6-7-18(17)24-13)8-9-23-22(25)14-10-19(27-3)21(29-5)20(11-14)28-4/h6-7,10-12,24H,8-9H2,1-5H3,(H,23,25). The Bertz CT molecular complexity index is 1000. The molecule has 0 saturated carbocycles. The Kier molecular flexibility index (Phi) is 6.16. The zero-order valence-electron chi connectivity index (χ0n) is 17.3. The highest BCUT2D eigenvalue weighted by Crippen LogP contribution is 2.38. The second-order valence-corrected chi connectivity index (χ2v) is 6.56. The molecule has 1 amide bonds. The third-order valence-corrected chi connectivity index (χ3v) is 4.91. The molecule has 0 atom stereocenters. The second kappa shape index (κ2) is 8.77. The quantitative estimate of drug-likeness (QED) is 0.607. The largest absolute Gasteiger partial charge is 0.497 e. The maximum Gasteiger partial charge on any atom is 0.251 e. The third kappa shape index (κ3) is 4.08. The fourth-order valence-corrected chi connectivity index (χ4v) is 3.43. The van der Waals surface area contributed by atoms with Crippen LogP contribution in [0.2, 0.25) is 0 Å². The molecule has 2 aromatic carbocycles. The summed E-state index contributed by atoms with van der Waals surface area (Å²) in [6.45, 7) is 2.52. The van der Waals surface area contributed by atoms with Crippen molar-refractivity contribution >= 4 is 16.8 Å². The van der Waals surface area contributed by atoms with Gasteiger partial charge in [0.2, 0.25) is 5.75 Å². The lowest BCUT2D eigenvalue weighted by atomic mass is 10.1. The van der Waals surface area contributed by atoms with E-state index in [0.717, 1.165) is 27.9 Å². The predicted octanol–water partition coefficient (Wildman–Crippen LogP) is 3.48. The minimum Gasteiger partial charge on any atom is -0.497 e. The Balaban J connectivity index is 1.75. The molecule has 0 saturated heterocycles. The number of benzene rings is 2.